The number of nitriles is 2. The summed E-state index contributed by atoms with van der Waals surface area (Å²) in [6.45, 7) is 0. The van der Waals surface area contributed by atoms with Crippen LogP contribution in [0.15, 0.2) is 8.73 Å². The number of hydrogen-bond acceptors (Lipinski definition) is 8. The molecule has 1 aliphatic rings. The highest BCUT2D eigenvalue weighted by Gasteiger charge is 1.95. The standard InChI is InChI=1S/C6H12.2CN2O2S/c1-2-4-6-5-3-1;2*2-1-3-6(4)5/h1-6H2;;. The maximum atomic E-state index is 9.21. The van der Waals surface area contributed by atoms with Gasteiger partial charge >= 0.3 is 21.0 Å². The number of rotatable bonds is 0. The average molecular weight is 292 g/mol. The molecule has 100 valence electrons. The van der Waals surface area contributed by atoms with Crippen LogP contribution in [0.2, 0.25) is 0 Å². The molecule has 1 saturated carbocycles. The molecule has 0 aromatic rings. The summed E-state index contributed by atoms with van der Waals surface area (Å²) in [7, 11) is -5.10. The zero-order chi connectivity index (χ0) is 14.2. The van der Waals surface area contributed by atoms with Crippen molar-refractivity contribution in [3.8, 4) is 12.4 Å². The Morgan fingerprint density at radius 1 is 0.667 bits per heavy atom. The van der Waals surface area contributed by atoms with E-state index in [9.17, 15) is 16.8 Å². The van der Waals surface area contributed by atoms with Gasteiger partial charge in [0.15, 0.2) is 0 Å². The topological polar surface area (TPSA) is 141 Å². The summed E-state index contributed by atoms with van der Waals surface area (Å²) in [5.74, 6) is 0. The van der Waals surface area contributed by atoms with Crippen LogP contribution in [0.25, 0.3) is 0 Å². The third-order valence-electron chi connectivity index (χ3n) is 1.73. The molecule has 8 nitrogen and oxygen atoms in total. The van der Waals surface area contributed by atoms with E-state index in [0.29, 0.717) is 0 Å². The van der Waals surface area contributed by atoms with Crippen LogP contribution in [0.5, 0.6) is 0 Å². The van der Waals surface area contributed by atoms with Crippen molar-refractivity contribution in [2.24, 2.45) is 8.73 Å². The molecular weight excluding hydrogens is 280 g/mol. The molecule has 10 heteroatoms. The molecule has 0 amide bonds. The second-order valence-corrected chi connectivity index (χ2v) is 4.17. The van der Waals surface area contributed by atoms with E-state index in [1.54, 1.807) is 0 Å². The van der Waals surface area contributed by atoms with Crippen molar-refractivity contribution in [1.82, 2.24) is 0 Å². The van der Waals surface area contributed by atoms with Gasteiger partial charge in [-0.3, -0.25) is 0 Å². The van der Waals surface area contributed by atoms with Crippen LogP contribution in [0.3, 0.4) is 0 Å². The van der Waals surface area contributed by atoms with Crippen molar-refractivity contribution >= 4 is 21.0 Å². The van der Waals surface area contributed by atoms with Crippen molar-refractivity contribution in [3.05, 3.63) is 0 Å². The maximum Gasteiger partial charge on any atom is 0.326 e. The Hall–Kier alpha value is -1.78. The summed E-state index contributed by atoms with van der Waals surface area (Å²) in [5, 5.41) is 14.9. The van der Waals surface area contributed by atoms with Gasteiger partial charge in [0.1, 0.15) is 0 Å². The van der Waals surface area contributed by atoms with Crippen LogP contribution in [-0.4, -0.2) is 16.8 Å². The fourth-order valence-electron chi connectivity index (χ4n) is 1.13. The molecule has 0 aliphatic heterocycles. The van der Waals surface area contributed by atoms with E-state index in [-0.39, 0.29) is 0 Å². The first kappa shape index (κ1) is 18.6. The minimum absolute atomic E-state index is 1.08. The Balaban J connectivity index is 0. The highest BCUT2D eigenvalue weighted by Crippen LogP contribution is 2.15. The molecule has 0 heterocycles. The Morgan fingerprint density at radius 2 is 0.889 bits per heavy atom. The summed E-state index contributed by atoms with van der Waals surface area (Å²) in [5.41, 5.74) is 0. The fraction of sp³-hybridized carbons (Fsp3) is 0.750. The van der Waals surface area contributed by atoms with Crippen LogP contribution in [0, 0.1) is 22.9 Å². The van der Waals surface area contributed by atoms with Crippen molar-refractivity contribution in [1.29, 1.82) is 10.5 Å². The summed E-state index contributed by atoms with van der Waals surface area (Å²) in [4.78, 5) is 0. The van der Waals surface area contributed by atoms with Crippen molar-refractivity contribution < 1.29 is 16.8 Å². The van der Waals surface area contributed by atoms with E-state index in [2.05, 4.69) is 8.73 Å². The lowest BCUT2D eigenvalue weighted by atomic mass is 10.0. The van der Waals surface area contributed by atoms with Gasteiger partial charge in [-0.25, -0.2) is 0 Å². The Kier molecular flexibility index (Phi) is 15.7. The molecule has 0 aromatic carbocycles. The molecule has 18 heavy (non-hydrogen) atoms. The SMILES string of the molecule is C1CCCCC1.N#CN=S(=O)=O.N#CN=S(=O)=O. The van der Waals surface area contributed by atoms with Crippen LogP contribution < -0.4 is 0 Å². The first-order valence-electron chi connectivity index (χ1n) is 4.93. The largest absolute Gasteiger partial charge is 0.326 e. The predicted octanol–water partition coefficient (Wildman–Crippen LogP) is 1.40. The van der Waals surface area contributed by atoms with Crippen LogP contribution in [-0.2, 0) is 21.0 Å². The first-order valence-corrected chi connectivity index (χ1v) is 6.99. The van der Waals surface area contributed by atoms with Crippen molar-refractivity contribution in [3.63, 3.8) is 0 Å². The molecule has 0 aromatic heterocycles. The van der Waals surface area contributed by atoms with Gasteiger partial charge in [0.25, 0.3) is 0 Å². The Bertz CT molecular complexity index is 473. The van der Waals surface area contributed by atoms with Gasteiger partial charge in [-0.15, -0.1) is 0 Å². The summed E-state index contributed by atoms with van der Waals surface area (Å²) < 4.78 is 41.5. The molecule has 0 bridgehead atoms. The highest BCUT2D eigenvalue weighted by atomic mass is 32.2. The van der Waals surface area contributed by atoms with E-state index in [1.807, 2.05) is 0 Å². The van der Waals surface area contributed by atoms with Gasteiger partial charge in [-0.05, 0) is 0 Å². The van der Waals surface area contributed by atoms with Gasteiger partial charge in [0.05, 0.1) is 0 Å². The molecule has 0 atom stereocenters. The summed E-state index contributed by atoms with van der Waals surface area (Å²) in [6.07, 6.45) is 11.2. The number of nitrogens with zero attached hydrogens (tertiary/aromatic N) is 4. The Labute approximate surface area is 108 Å². The van der Waals surface area contributed by atoms with Crippen LogP contribution in [0.4, 0.5) is 0 Å². The van der Waals surface area contributed by atoms with Gasteiger partial charge < -0.3 is 0 Å². The molecule has 0 spiro atoms. The minimum atomic E-state index is -2.55. The third kappa shape index (κ3) is 23.8. The van der Waals surface area contributed by atoms with E-state index in [0.717, 1.165) is 12.4 Å². The molecular formula is C8H12N4O4S2. The van der Waals surface area contributed by atoms with E-state index in [4.69, 9.17) is 10.5 Å². The van der Waals surface area contributed by atoms with Gasteiger partial charge in [0.2, 0.25) is 12.4 Å². The van der Waals surface area contributed by atoms with Gasteiger partial charge in [-0.1, -0.05) is 47.3 Å². The van der Waals surface area contributed by atoms with Crippen LogP contribution in [0.1, 0.15) is 38.5 Å². The zero-order valence-corrected chi connectivity index (χ0v) is 11.1. The second kappa shape index (κ2) is 15.2. The molecule has 0 N–H and O–H groups in total. The molecule has 1 aliphatic carbocycles. The van der Waals surface area contributed by atoms with Gasteiger partial charge in [0, 0.05) is 0 Å². The minimum Gasteiger partial charge on any atom is -0.169 e. The fourth-order valence-corrected chi connectivity index (χ4v) is 1.26. The number of hydrogen-bond donors (Lipinski definition) is 0. The maximum absolute atomic E-state index is 9.21. The first-order chi connectivity index (χ1) is 8.54. The lowest BCUT2D eigenvalue weighted by Gasteiger charge is -2.05. The Morgan fingerprint density at radius 3 is 0.944 bits per heavy atom. The monoisotopic (exact) mass is 292 g/mol. The quantitative estimate of drug-likeness (QED) is 0.618. The summed E-state index contributed by atoms with van der Waals surface area (Å²) in [6, 6.07) is 0. The lowest BCUT2D eigenvalue weighted by molar-refractivity contribution is 0.504. The summed E-state index contributed by atoms with van der Waals surface area (Å²) >= 11 is 0. The highest BCUT2D eigenvalue weighted by molar-refractivity contribution is 7.62. The van der Waals surface area contributed by atoms with E-state index >= 15 is 0 Å². The van der Waals surface area contributed by atoms with Crippen LogP contribution >= 0.6 is 0 Å². The molecule has 0 unspecified atom stereocenters. The smallest absolute Gasteiger partial charge is 0.169 e. The van der Waals surface area contributed by atoms with E-state index in [1.165, 1.54) is 38.5 Å². The molecule has 0 saturated heterocycles. The normalized spacial score (nSPS) is 11.9. The molecule has 1 fully saturated rings. The molecule has 1 rings (SSSR count). The van der Waals surface area contributed by atoms with Crippen molar-refractivity contribution in [2.45, 2.75) is 38.5 Å². The van der Waals surface area contributed by atoms with E-state index < -0.39 is 21.0 Å². The van der Waals surface area contributed by atoms with Gasteiger partial charge in [-0.2, -0.15) is 27.4 Å². The second-order valence-electron chi connectivity index (χ2n) is 2.94. The zero-order valence-electron chi connectivity index (χ0n) is 9.48. The third-order valence-corrected chi connectivity index (χ3v) is 2.19. The molecule has 0 radical (unpaired) electrons. The average Bonchev–Trinajstić information content (AvgIpc) is 2.32. The predicted molar refractivity (Wildman–Crippen MR) is 61.6 cm³/mol. The van der Waals surface area contributed by atoms with Crippen molar-refractivity contribution in [2.75, 3.05) is 0 Å². The lowest BCUT2D eigenvalue weighted by Crippen LogP contribution is -1.85.